The monoisotopic (exact) mass is 316 g/mol. The molecule has 1 rings (SSSR count). The van der Waals surface area contributed by atoms with Crippen molar-refractivity contribution in [3.05, 3.63) is 29.8 Å². The topological polar surface area (TPSA) is 114 Å². The quantitative estimate of drug-likeness (QED) is 0.429. The third kappa shape index (κ3) is 4.89. The first-order valence-corrected chi connectivity index (χ1v) is 5.74. The van der Waals surface area contributed by atoms with E-state index in [2.05, 4.69) is 5.10 Å². The van der Waals surface area contributed by atoms with Crippen LogP contribution < -0.4 is 16.5 Å². The molecule has 0 spiro atoms. The zero-order chi connectivity index (χ0) is 16.9. The van der Waals surface area contributed by atoms with Crippen LogP contribution in [0.4, 0.5) is 18.9 Å². The van der Waals surface area contributed by atoms with E-state index < -0.39 is 23.9 Å². The fourth-order valence-electron chi connectivity index (χ4n) is 1.25. The molecule has 0 atom stereocenters. The minimum absolute atomic E-state index is 0.0555. The summed E-state index contributed by atoms with van der Waals surface area (Å²) in [6, 6.07) is 5.21. The zero-order valence-corrected chi connectivity index (χ0v) is 11.2. The highest BCUT2D eigenvalue weighted by Crippen LogP contribution is 2.18. The molecule has 0 saturated carbocycles. The van der Waals surface area contributed by atoms with Crippen molar-refractivity contribution in [1.29, 1.82) is 0 Å². The van der Waals surface area contributed by atoms with Crippen LogP contribution in [0.5, 0.6) is 0 Å². The van der Waals surface area contributed by atoms with Crippen LogP contribution in [0.1, 0.15) is 12.5 Å². The van der Waals surface area contributed by atoms with Crippen LogP contribution in [0, 0.1) is 0 Å². The molecular weight excluding hydrogens is 305 g/mol. The second-order valence-electron chi connectivity index (χ2n) is 4.03. The van der Waals surface area contributed by atoms with Gasteiger partial charge in [-0.05, 0) is 24.6 Å². The Kier molecular flexibility index (Phi) is 5.22. The summed E-state index contributed by atoms with van der Waals surface area (Å²) in [4.78, 5) is 32.1. The number of carbonyl (C=O) groups is 3. The first-order chi connectivity index (χ1) is 10.1. The maximum Gasteiger partial charge on any atom is 0.471 e. The number of carbonyl (C=O) groups excluding carboxylic acids is 3. The summed E-state index contributed by atoms with van der Waals surface area (Å²) in [6.07, 6.45) is -4.98. The van der Waals surface area contributed by atoms with Gasteiger partial charge in [-0.3, -0.25) is 14.4 Å². The molecule has 4 N–H and O–H groups in total. The summed E-state index contributed by atoms with van der Waals surface area (Å²) in [5.74, 6) is -4.39. The number of nitrogens with zero attached hydrogens (tertiary/aromatic N) is 1. The molecule has 0 aromatic heterocycles. The van der Waals surface area contributed by atoms with Gasteiger partial charge >= 0.3 is 23.9 Å². The van der Waals surface area contributed by atoms with Gasteiger partial charge in [0.25, 0.3) is 0 Å². The number of benzene rings is 1. The van der Waals surface area contributed by atoms with Crippen molar-refractivity contribution in [3.8, 4) is 0 Å². The van der Waals surface area contributed by atoms with Crippen LogP contribution in [0.25, 0.3) is 0 Å². The van der Waals surface area contributed by atoms with E-state index in [1.165, 1.54) is 31.2 Å². The van der Waals surface area contributed by atoms with Crippen LogP contribution in [0.3, 0.4) is 0 Å². The summed E-state index contributed by atoms with van der Waals surface area (Å²) in [5, 5.41) is 5.27. The van der Waals surface area contributed by atoms with Crippen LogP contribution in [0.2, 0.25) is 0 Å². The van der Waals surface area contributed by atoms with Crippen molar-refractivity contribution in [1.82, 2.24) is 5.43 Å². The van der Waals surface area contributed by atoms with Crippen LogP contribution >= 0.6 is 0 Å². The molecule has 0 radical (unpaired) electrons. The first kappa shape index (κ1) is 17.1. The lowest BCUT2D eigenvalue weighted by Crippen LogP contribution is -2.33. The van der Waals surface area contributed by atoms with E-state index in [0.29, 0.717) is 5.56 Å². The Labute approximate surface area is 122 Å². The van der Waals surface area contributed by atoms with Gasteiger partial charge in [-0.2, -0.15) is 18.3 Å². The summed E-state index contributed by atoms with van der Waals surface area (Å²) in [6.45, 7) is 1.49. The standard InChI is InChI=1S/C12H11F3N4O3/c1-6(18-19-10(21)9(16)20)7-2-4-8(5-3-7)17-11(22)12(13,14)15/h2-5H,1H3,(H2,16,20)(H,17,22)(H,19,21). The van der Waals surface area contributed by atoms with Crippen molar-refractivity contribution in [2.45, 2.75) is 13.1 Å². The van der Waals surface area contributed by atoms with Crippen molar-refractivity contribution >= 4 is 29.1 Å². The average Bonchev–Trinajstić information content (AvgIpc) is 2.43. The van der Waals surface area contributed by atoms with Gasteiger partial charge in [-0.25, -0.2) is 5.43 Å². The Hall–Kier alpha value is -2.91. The number of rotatable bonds is 3. The number of nitrogens with one attached hydrogen (secondary N) is 2. The molecule has 22 heavy (non-hydrogen) atoms. The number of anilines is 1. The summed E-state index contributed by atoms with van der Waals surface area (Å²) in [7, 11) is 0. The van der Waals surface area contributed by atoms with Gasteiger partial charge in [-0.1, -0.05) is 12.1 Å². The maximum absolute atomic E-state index is 12.1. The van der Waals surface area contributed by atoms with Gasteiger partial charge in [0.15, 0.2) is 0 Å². The molecule has 10 heteroatoms. The lowest BCUT2D eigenvalue weighted by atomic mass is 10.1. The minimum Gasteiger partial charge on any atom is -0.361 e. The van der Waals surface area contributed by atoms with E-state index in [9.17, 15) is 27.6 Å². The highest BCUT2D eigenvalue weighted by atomic mass is 19.4. The van der Waals surface area contributed by atoms with Gasteiger partial charge < -0.3 is 11.1 Å². The molecule has 3 amide bonds. The predicted molar refractivity (Wildman–Crippen MR) is 70.7 cm³/mol. The Morgan fingerprint density at radius 2 is 1.68 bits per heavy atom. The molecule has 0 aliphatic rings. The molecule has 0 bridgehead atoms. The van der Waals surface area contributed by atoms with Crippen LogP contribution in [0.15, 0.2) is 29.4 Å². The van der Waals surface area contributed by atoms with Gasteiger partial charge in [0, 0.05) is 5.69 Å². The lowest BCUT2D eigenvalue weighted by Gasteiger charge is -2.08. The third-order valence-electron chi connectivity index (χ3n) is 2.37. The molecule has 1 aromatic carbocycles. The van der Waals surface area contributed by atoms with Gasteiger partial charge in [0.2, 0.25) is 0 Å². The van der Waals surface area contributed by atoms with E-state index in [0.717, 1.165) is 0 Å². The summed E-state index contributed by atoms with van der Waals surface area (Å²) >= 11 is 0. The summed E-state index contributed by atoms with van der Waals surface area (Å²) in [5.41, 5.74) is 7.29. The second kappa shape index (κ2) is 6.70. The van der Waals surface area contributed by atoms with Crippen molar-refractivity contribution in [2.75, 3.05) is 5.32 Å². The number of hydrogen-bond acceptors (Lipinski definition) is 4. The predicted octanol–water partition coefficient (Wildman–Crippen LogP) is 0.513. The van der Waals surface area contributed by atoms with Crippen molar-refractivity contribution in [3.63, 3.8) is 0 Å². The molecule has 0 fully saturated rings. The van der Waals surface area contributed by atoms with Gasteiger partial charge in [0.1, 0.15) is 0 Å². The number of alkyl halides is 3. The lowest BCUT2D eigenvalue weighted by molar-refractivity contribution is -0.167. The SMILES string of the molecule is CC(=NNC(=O)C(N)=O)c1ccc(NC(=O)C(F)(F)F)cc1. The number of amides is 3. The number of halogens is 3. The van der Waals surface area contributed by atoms with Crippen LogP contribution in [-0.4, -0.2) is 29.6 Å². The van der Waals surface area contributed by atoms with E-state index in [1.807, 2.05) is 5.43 Å². The number of nitrogens with two attached hydrogens (primary N) is 1. The Morgan fingerprint density at radius 3 is 2.14 bits per heavy atom. The van der Waals surface area contributed by atoms with E-state index in [-0.39, 0.29) is 11.4 Å². The van der Waals surface area contributed by atoms with E-state index in [1.54, 1.807) is 5.32 Å². The molecule has 0 unspecified atom stereocenters. The van der Waals surface area contributed by atoms with Crippen molar-refractivity contribution in [2.24, 2.45) is 10.8 Å². The van der Waals surface area contributed by atoms with E-state index >= 15 is 0 Å². The number of hydrogen-bond donors (Lipinski definition) is 3. The molecule has 0 aliphatic carbocycles. The number of hydrazone groups is 1. The van der Waals surface area contributed by atoms with Gasteiger partial charge in [0.05, 0.1) is 5.71 Å². The fraction of sp³-hybridized carbons (Fsp3) is 0.167. The number of primary amides is 1. The van der Waals surface area contributed by atoms with E-state index in [4.69, 9.17) is 5.73 Å². The smallest absolute Gasteiger partial charge is 0.361 e. The summed E-state index contributed by atoms with van der Waals surface area (Å²) < 4.78 is 36.2. The molecule has 1 aromatic rings. The first-order valence-electron chi connectivity index (χ1n) is 5.74. The third-order valence-corrected chi connectivity index (χ3v) is 2.37. The maximum atomic E-state index is 12.1. The molecule has 0 saturated heterocycles. The Bertz CT molecular complexity index is 623. The minimum atomic E-state index is -4.98. The second-order valence-corrected chi connectivity index (χ2v) is 4.03. The zero-order valence-electron chi connectivity index (χ0n) is 11.2. The fourth-order valence-corrected chi connectivity index (χ4v) is 1.25. The van der Waals surface area contributed by atoms with Crippen molar-refractivity contribution < 1.29 is 27.6 Å². The molecular formula is C12H11F3N4O3. The Morgan fingerprint density at radius 1 is 1.14 bits per heavy atom. The molecule has 0 heterocycles. The Balaban J connectivity index is 2.76. The molecule has 7 nitrogen and oxygen atoms in total. The highest BCUT2D eigenvalue weighted by Gasteiger charge is 2.38. The molecule has 0 aliphatic heterocycles. The average molecular weight is 316 g/mol. The molecule has 118 valence electrons. The van der Waals surface area contributed by atoms with Gasteiger partial charge in [-0.15, -0.1) is 0 Å². The largest absolute Gasteiger partial charge is 0.471 e. The van der Waals surface area contributed by atoms with Crippen LogP contribution in [-0.2, 0) is 14.4 Å². The normalized spacial score (nSPS) is 11.7. The highest BCUT2D eigenvalue weighted by molar-refractivity contribution is 6.34.